The third-order valence-corrected chi connectivity index (χ3v) is 2.55. The topological polar surface area (TPSA) is 26.0 Å². The molecule has 0 atom stereocenters. The fourth-order valence-electron chi connectivity index (χ4n) is 0.914. The van der Waals surface area contributed by atoms with E-state index >= 15 is 0 Å². The summed E-state index contributed by atoms with van der Waals surface area (Å²) in [5, 5.41) is 0.162. The summed E-state index contributed by atoms with van der Waals surface area (Å²) in [5.74, 6) is -0.414. The van der Waals surface area contributed by atoms with E-state index in [9.17, 15) is 4.39 Å². The van der Waals surface area contributed by atoms with Gasteiger partial charge in [0.2, 0.25) is 0 Å². The Hall–Kier alpha value is -0.120. The SMILES string of the molecule is NCCc1ccc(Br)c(F)c1Cl. The van der Waals surface area contributed by atoms with Crippen molar-refractivity contribution in [1.29, 1.82) is 0 Å². The molecule has 0 bridgehead atoms. The molecule has 0 radical (unpaired) electrons. The first-order valence-corrected chi connectivity index (χ1v) is 4.66. The zero-order valence-corrected chi connectivity index (χ0v) is 8.62. The van der Waals surface area contributed by atoms with Crippen LogP contribution in [0.1, 0.15) is 5.56 Å². The number of nitrogens with two attached hydrogens (primary N) is 1. The predicted molar refractivity (Wildman–Crippen MR) is 51.9 cm³/mol. The molecule has 0 heterocycles. The lowest BCUT2D eigenvalue weighted by atomic mass is 10.1. The van der Waals surface area contributed by atoms with E-state index in [0.717, 1.165) is 5.56 Å². The minimum Gasteiger partial charge on any atom is -0.330 e. The molecule has 0 aromatic heterocycles. The van der Waals surface area contributed by atoms with Crippen LogP contribution in [0.3, 0.4) is 0 Å². The number of hydrogen-bond acceptors (Lipinski definition) is 1. The zero-order chi connectivity index (χ0) is 9.14. The molecule has 0 aliphatic rings. The van der Waals surface area contributed by atoms with Gasteiger partial charge >= 0.3 is 0 Å². The highest BCUT2D eigenvalue weighted by atomic mass is 79.9. The Balaban J connectivity index is 3.08. The summed E-state index contributed by atoms with van der Waals surface area (Å²) in [6.07, 6.45) is 0.600. The minimum atomic E-state index is -0.414. The van der Waals surface area contributed by atoms with Crippen LogP contribution in [-0.4, -0.2) is 6.54 Å². The van der Waals surface area contributed by atoms with Gasteiger partial charge < -0.3 is 5.73 Å². The standard InChI is InChI=1S/C8H8BrClFN/c9-6-2-1-5(3-4-12)7(10)8(6)11/h1-2H,3-4,12H2. The molecule has 1 aromatic carbocycles. The molecule has 0 saturated heterocycles. The van der Waals surface area contributed by atoms with Gasteiger partial charge in [-0.1, -0.05) is 17.7 Å². The van der Waals surface area contributed by atoms with E-state index in [-0.39, 0.29) is 5.02 Å². The van der Waals surface area contributed by atoms with Gasteiger partial charge in [0.25, 0.3) is 0 Å². The molecule has 0 amide bonds. The van der Waals surface area contributed by atoms with Crippen LogP contribution in [0, 0.1) is 5.82 Å². The maximum absolute atomic E-state index is 13.1. The third kappa shape index (κ3) is 1.97. The van der Waals surface area contributed by atoms with E-state index in [2.05, 4.69) is 15.9 Å². The maximum Gasteiger partial charge on any atom is 0.156 e. The summed E-state index contributed by atoms with van der Waals surface area (Å²) >= 11 is 8.76. The first-order chi connectivity index (χ1) is 5.66. The zero-order valence-electron chi connectivity index (χ0n) is 6.28. The Morgan fingerprint density at radius 1 is 1.50 bits per heavy atom. The van der Waals surface area contributed by atoms with Gasteiger partial charge in [-0.2, -0.15) is 0 Å². The Morgan fingerprint density at radius 2 is 2.17 bits per heavy atom. The highest BCUT2D eigenvalue weighted by molar-refractivity contribution is 9.10. The van der Waals surface area contributed by atoms with Gasteiger partial charge in [-0.3, -0.25) is 0 Å². The summed E-state index contributed by atoms with van der Waals surface area (Å²) in [4.78, 5) is 0. The molecular formula is C8H8BrClFN. The largest absolute Gasteiger partial charge is 0.330 e. The van der Waals surface area contributed by atoms with Gasteiger partial charge in [0.15, 0.2) is 5.82 Å². The average molecular weight is 253 g/mol. The molecule has 2 N–H and O–H groups in total. The highest BCUT2D eigenvalue weighted by Gasteiger charge is 2.08. The fraction of sp³-hybridized carbons (Fsp3) is 0.250. The molecule has 0 aliphatic heterocycles. The summed E-state index contributed by atoms with van der Waals surface area (Å²) in [7, 11) is 0. The van der Waals surface area contributed by atoms with Crippen LogP contribution in [0.15, 0.2) is 16.6 Å². The van der Waals surface area contributed by atoms with Crippen LogP contribution >= 0.6 is 27.5 Å². The fourth-order valence-corrected chi connectivity index (χ4v) is 1.62. The van der Waals surface area contributed by atoms with Crippen molar-refractivity contribution in [3.05, 3.63) is 33.0 Å². The first kappa shape index (κ1) is 9.96. The van der Waals surface area contributed by atoms with Crippen molar-refractivity contribution in [2.75, 3.05) is 6.54 Å². The second-order valence-corrected chi connectivity index (χ2v) is 3.61. The van der Waals surface area contributed by atoms with Crippen molar-refractivity contribution < 1.29 is 4.39 Å². The molecule has 1 nitrogen and oxygen atoms in total. The molecule has 0 aliphatic carbocycles. The van der Waals surface area contributed by atoms with Crippen molar-refractivity contribution in [3.63, 3.8) is 0 Å². The van der Waals surface area contributed by atoms with Gasteiger partial charge in [-0.25, -0.2) is 4.39 Å². The van der Waals surface area contributed by atoms with Crippen molar-refractivity contribution >= 4 is 27.5 Å². The van der Waals surface area contributed by atoms with Crippen LogP contribution in [0.5, 0.6) is 0 Å². The normalized spacial score (nSPS) is 10.3. The molecule has 1 rings (SSSR count). The molecular weight excluding hydrogens is 244 g/mol. The van der Waals surface area contributed by atoms with E-state index in [1.54, 1.807) is 12.1 Å². The number of hydrogen-bond donors (Lipinski definition) is 1. The van der Waals surface area contributed by atoms with E-state index in [1.165, 1.54) is 0 Å². The van der Waals surface area contributed by atoms with Crippen LogP contribution in [0.25, 0.3) is 0 Å². The molecule has 0 unspecified atom stereocenters. The number of halogens is 3. The Labute approximate surface area is 83.8 Å². The second kappa shape index (κ2) is 4.21. The van der Waals surface area contributed by atoms with Gasteiger partial charge in [-0.05, 0) is 40.5 Å². The van der Waals surface area contributed by atoms with Crippen molar-refractivity contribution in [2.45, 2.75) is 6.42 Å². The van der Waals surface area contributed by atoms with Crippen LogP contribution in [0.4, 0.5) is 4.39 Å². The van der Waals surface area contributed by atoms with Crippen molar-refractivity contribution in [3.8, 4) is 0 Å². The van der Waals surface area contributed by atoms with Gasteiger partial charge in [-0.15, -0.1) is 0 Å². The molecule has 1 aromatic rings. The highest BCUT2D eigenvalue weighted by Crippen LogP contribution is 2.26. The van der Waals surface area contributed by atoms with Gasteiger partial charge in [0.05, 0.1) is 9.50 Å². The van der Waals surface area contributed by atoms with Gasteiger partial charge in [0, 0.05) is 0 Å². The minimum absolute atomic E-state index is 0.162. The lowest BCUT2D eigenvalue weighted by Crippen LogP contribution is -2.03. The molecule has 0 fully saturated rings. The quantitative estimate of drug-likeness (QED) is 0.805. The van der Waals surface area contributed by atoms with Crippen LogP contribution in [-0.2, 0) is 6.42 Å². The summed E-state index contributed by atoms with van der Waals surface area (Å²) in [5.41, 5.74) is 6.07. The monoisotopic (exact) mass is 251 g/mol. The number of rotatable bonds is 2. The summed E-state index contributed by atoms with van der Waals surface area (Å²) in [6, 6.07) is 3.40. The molecule has 0 spiro atoms. The summed E-state index contributed by atoms with van der Waals surface area (Å²) < 4.78 is 13.5. The summed E-state index contributed by atoms with van der Waals surface area (Å²) in [6.45, 7) is 0.473. The lowest BCUT2D eigenvalue weighted by molar-refractivity contribution is 0.619. The second-order valence-electron chi connectivity index (χ2n) is 2.37. The van der Waals surface area contributed by atoms with E-state index in [4.69, 9.17) is 17.3 Å². The van der Waals surface area contributed by atoms with E-state index in [1.807, 2.05) is 0 Å². The number of benzene rings is 1. The smallest absolute Gasteiger partial charge is 0.156 e. The molecule has 66 valence electrons. The van der Waals surface area contributed by atoms with Gasteiger partial charge in [0.1, 0.15) is 0 Å². The van der Waals surface area contributed by atoms with E-state index < -0.39 is 5.82 Å². The third-order valence-electron chi connectivity index (χ3n) is 1.53. The van der Waals surface area contributed by atoms with Crippen LogP contribution in [0.2, 0.25) is 5.02 Å². The Kier molecular flexibility index (Phi) is 3.50. The Bertz CT molecular complexity index is 291. The van der Waals surface area contributed by atoms with Crippen molar-refractivity contribution in [2.24, 2.45) is 5.73 Å². The molecule has 12 heavy (non-hydrogen) atoms. The first-order valence-electron chi connectivity index (χ1n) is 3.49. The van der Waals surface area contributed by atoms with E-state index in [0.29, 0.717) is 17.4 Å². The predicted octanol–water partition coefficient (Wildman–Crippen LogP) is 2.74. The molecule has 4 heteroatoms. The van der Waals surface area contributed by atoms with Crippen molar-refractivity contribution in [1.82, 2.24) is 0 Å². The average Bonchev–Trinajstić information content (AvgIpc) is 2.07. The molecule has 0 saturated carbocycles. The van der Waals surface area contributed by atoms with Crippen LogP contribution < -0.4 is 5.73 Å². The maximum atomic E-state index is 13.1. The lowest BCUT2D eigenvalue weighted by Gasteiger charge is -2.04. The Morgan fingerprint density at radius 3 is 2.75 bits per heavy atom.